The van der Waals surface area contributed by atoms with Gasteiger partial charge >= 0.3 is 0 Å². The number of rotatable bonds is 3. The number of fused-ring (bicyclic) bond motifs is 2. The van der Waals surface area contributed by atoms with E-state index < -0.39 is 0 Å². The number of nitrogen functional groups attached to an aromatic ring is 2. The normalized spacial score (nSPS) is 11.2. The fraction of sp³-hybridized carbons (Fsp3) is 0. The van der Waals surface area contributed by atoms with Crippen molar-refractivity contribution in [2.45, 2.75) is 9.79 Å². The van der Waals surface area contributed by atoms with Crippen molar-refractivity contribution in [3.63, 3.8) is 0 Å². The summed E-state index contributed by atoms with van der Waals surface area (Å²) in [5, 5.41) is 4.57. The second-order valence-corrected chi connectivity index (χ2v) is 7.84. The highest BCUT2D eigenvalue weighted by molar-refractivity contribution is 8.76. The Morgan fingerprint density at radius 1 is 0.583 bits per heavy atom. The summed E-state index contributed by atoms with van der Waals surface area (Å²) in [5.41, 5.74) is 13.7. The molecule has 2 nitrogen and oxygen atoms in total. The molecule has 0 spiro atoms. The zero-order chi connectivity index (χ0) is 16.5. The molecule has 0 bridgehead atoms. The van der Waals surface area contributed by atoms with Gasteiger partial charge in [-0.1, -0.05) is 64.1 Å². The molecular formula is C20H16N2S2. The average molecular weight is 348 g/mol. The number of anilines is 2. The van der Waals surface area contributed by atoms with Crippen LogP contribution in [-0.4, -0.2) is 0 Å². The molecule has 0 aliphatic heterocycles. The molecule has 0 unspecified atom stereocenters. The van der Waals surface area contributed by atoms with Gasteiger partial charge in [-0.2, -0.15) is 0 Å². The lowest BCUT2D eigenvalue weighted by Gasteiger charge is -2.08. The fourth-order valence-electron chi connectivity index (χ4n) is 2.81. The molecule has 0 saturated carbocycles. The standard InChI is InChI=1S/C20H16N2S2/c21-18-7-1-4-13-12-14(10-11-15(13)18)23-24-20-9-3-5-16-17(20)6-2-8-19(16)22/h1-12H,21-22H2. The van der Waals surface area contributed by atoms with Gasteiger partial charge in [0.15, 0.2) is 0 Å². The van der Waals surface area contributed by atoms with Crippen molar-refractivity contribution in [1.29, 1.82) is 0 Å². The van der Waals surface area contributed by atoms with Crippen molar-refractivity contribution in [3.05, 3.63) is 72.8 Å². The van der Waals surface area contributed by atoms with Gasteiger partial charge in [0.25, 0.3) is 0 Å². The van der Waals surface area contributed by atoms with E-state index in [0.29, 0.717) is 0 Å². The summed E-state index contributed by atoms with van der Waals surface area (Å²) in [7, 11) is 3.50. The second-order valence-electron chi connectivity index (χ2n) is 5.60. The maximum absolute atomic E-state index is 6.08. The van der Waals surface area contributed by atoms with E-state index in [1.807, 2.05) is 24.3 Å². The van der Waals surface area contributed by atoms with Gasteiger partial charge in [-0.15, -0.1) is 0 Å². The van der Waals surface area contributed by atoms with Gasteiger partial charge in [0.2, 0.25) is 0 Å². The summed E-state index contributed by atoms with van der Waals surface area (Å²) in [6, 6.07) is 24.8. The lowest BCUT2D eigenvalue weighted by atomic mass is 10.1. The Kier molecular flexibility index (Phi) is 4.00. The lowest BCUT2D eigenvalue weighted by Crippen LogP contribution is -1.87. The largest absolute Gasteiger partial charge is 0.398 e. The zero-order valence-electron chi connectivity index (χ0n) is 12.9. The van der Waals surface area contributed by atoms with Crippen molar-refractivity contribution >= 4 is 54.5 Å². The highest BCUT2D eigenvalue weighted by Crippen LogP contribution is 2.42. The number of hydrogen-bond donors (Lipinski definition) is 2. The van der Waals surface area contributed by atoms with E-state index in [9.17, 15) is 0 Å². The van der Waals surface area contributed by atoms with Crippen molar-refractivity contribution < 1.29 is 0 Å². The van der Waals surface area contributed by atoms with E-state index in [2.05, 4.69) is 48.5 Å². The quantitative estimate of drug-likeness (QED) is 0.354. The van der Waals surface area contributed by atoms with Gasteiger partial charge in [0.1, 0.15) is 0 Å². The van der Waals surface area contributed by atoms with Gasteiger partial charge in [-0.3, -0.25) is 0 Å². The van der Waals surface area contributed by atoms with Crippen LogP contribution in [0.4, 0.5) is 11.4 Å². The Hall–Kier alpha value is -2.30. The summed E-state index contributed by atoms with van der Waals surface area (Å²) < 4.78 is 0. The molecule has 118 valence electrons. The summed E-state index contributed by atoms with van der Waals surface area (Å²) in [6.07, 6.45) is 0. The molecule has 4 rings (SSSR count). The predicted octanol–water partition coefficient (Wildman–Crippen LogP) is 5.96. The molecule has 0 amide bonds. The van der Waals surface area contributed by atoms with Crippen molar-refractivity contribution in [2.24, 2.45) is 0 Å². The van der Waals surface area contributed by atoms with Gasteiger partial charge in [-0.05, 0) is 41.1 Å². The molecule has 4 aromatic rings. The molecule has 4 N–H and O–H groups in total. The van der Waals surface area contributed by atoms with Crippen LogP contribution in [0, 0.1) is 0 Å². The SMILES string of the molecule is Nc1cccc2cc(SSc3cccc4c(N)cccc34)ccc12. The van der Waals surface area contributed by atoms with Gasteiger partial charge in [-0.25, -0.2) is 0 Å². The molecule has 0 heterocycles. The fourth-order valence-corrected chi connectivity index (χ4v) is 5.00. The first-order valence-electron chi connectivity index (χ1n) is 7.62. The predicted molar refractivity (Wildman–Crippen MR) is 108 cm³/mol. The maximum Gasteiger partial charge on any atom is 0.0394 e. The summed E-state index contributed by atoms with van der Waals surface area (Å²) >= 11 is 0. The van der Waals surface area contributed by atoms with Crippen LogP contribution in [0.5, 0.6) is 0 Å². The van der Waals surface area contributed by atoms with Crippen LogP contribution in [0.3, 0.4) is 0 Å². The maximum atomic E-state index is 6.08. The van der Waals surface area contributed by atoms with E-state index in [1.165, 1.54) is 20.6 Å². The molecule has 0 saturated heterocycles. The number of hydrogen-bond acceptors (Lipinski definition) is 4. The van der Waals surface area contributed by atoms with E-state index in [0.717, 1.165) is 22.1 Å². The summed E-state index contributed by atoms with van der Waals surface area (Å²) in [4.78, 5) is 2.43. The highest BCUT2D eigenvalue weighted by Gasteiger charge is 2.06. The third-order valence-corrected chi connectivity index (χ3v) is 6.46. The molecule has 0 atom stereocenters. The zero-order valence-corrected chi connectivity index (χ0v) is 14.5. The molecule has 0 aromatic heterocycles. The molecule has 0 radical (unpaired) electrons. The molecule has 4 aromatic carbocycles. The monoisotopic (exact) mass is 348 g/mol. The van der Waals surface area contributed by atoms with E-state index >= 15 is 0 Å². The Morgan fingerprint density at radius 3 is 2.17 bits per heavy atom. The van der Waals surface area contributed by atoms with E-state index in [-0.39, 0.29) is 0 Å². The molecule has 0 aliphatic carbocycles. The van der Waals surface area contributed by atoms with Gasteiger partial charge in [0.05, 0.1) is 0 Å². The minimum absolute atomic E-state index is 0.820. The van der Waals surface area contributed by atoms with E-state index in [1.54, 1.807) is 21.6 Å². The topological polar surface area (TPSA) is 52.0 Å². The first kappa shape index (κ1) is 15.2. The van der Waals surface area contributed by atoms with Crippen LogP contribution < -0.4 is 11.5 Å². The Labute approximate surface area is 148 Å². The van der Waals surface area contributed by atoms with Crippen LogP contribution >= 0.6 is 21.6 Å². The second kappa shape index (κ2) is 6.30. The smallest absolute Gasteiger partial charge is 0.0394 e. The lowest BCUT2D eigenvalue weighted by molar-refractivity contribution is 1.52. The minimum Gasteiger partial charge on any atom is -0.398 e. The Bertz CT molecular complexity index is 1040. The third-order valence-electron chi connectivity index (χ3n) is 4.03. The summed E-state index contributed by atoms with van der Waals surface area (Å²) in [6.45, 7) is 0. The van der Waals surface area contributed by atoms with Crippen LogP contribution in [0.15, 0.2) is 82.6 Å². The average Bonchev–Trinajstić information content (AvgIpc) is 2.60. The third kappa shape index (κ3) is 2.79. The molecular weight excluding hydrogens is 332 g/mol. The van der Waals surface area contributed by atoms with Crippen LogP contribution in [0.25, 0.3) is 21.5 Å². The summed E-state index contributed by atoms with van der Waals surface area (Å²) in [5.74, 6) is 0. The molecule has 24 heavy (non-hydrogen) atoms. The van der Waals surface area contributed by atoms with Crippen molar-refractivity contribution in [2.75, 3.05) is 11.5 Å². The molecule has 0 aliphatic rings. The molecule has 4 heteroatoms. The molecule has 0 fully saturated rings. The van der Waals surface area contributed by atoms with Gasteiger partial charge < -0.3 is 11.5 Å². The van der Waals surface area contributed by atoms with Gasteiger partial charge in [0, 0.05) is 31.9 Å². The van der Waals surface area contributed by atoms with Crippen LogP contribution in [0.1, 0.15) is 0 Å². The van der Waals surface area contributed by atoms with Crippen molar-refractivity contribution in [3.8, 4) is 0 Å². The Balaban J connectivity index is 1.65. The van der Waals surface area contributed by atoms with E-state index in [4.69, 9.17) is 11.5 Å². The number of nitrogens with two attached hydrogens (primary N) is 2. The van der Waals surface area contributed by atoms with Crippen LogP contribution in [0.2, 0.25) is 0 Å². The number of benzene rings is 4. The first-order valence-corrected chi connectivity index (χ1v) is 9.77. The van der Waals surface area contributed by atoms with Crippen molar-refractivity contribution in [1.82, 2.24) is 0 Å². The Morgan fingerprint density at radius 2 is 1.29 bits per heavy atom. The minimum atomic E-state index is 0.820. The first-order chi connectivity index (χ1) is 11.7. The highest BCUT2D eigenvalue weighted by atomic mass is 33.1. The van der Waals surface area contributed by atoms with Crippen LogP contribution in [-0.2, 0) is 0 Å².